The van der Waals surface area contributed by atoms with Crippen LogP contribution >= 0.6 is 23.7 Å². The van der Waals surface area contributed by atoms with Crippen molar-refractivity contribution in [3.05, 3.63) is 38.8 Å². The molecule has 0 aliphatic carbocycles. The molecule has 0 bridgehead atoms. The van der Waals surface area contributed by atoms with Crippen molar-refractivity contribution in [1.29, 1.82) is 0 Å². The van der Waals surface area contributed by atoms with Crippen molar-refractivity contribution >= 4 is 29.7 Å². The number of carbonyl (C=O) groups excluding carboxylic acids is 1. The SMILES string of the molecule is CC(CNC(=O)c1n[nH]c2c1CNCC2)N1CCc2sccc2C1.Cl. The standard InChI is InChI=1S/C17H23N5OS.ClH/c1-11(22-6-3-15-12(10-22)4-7-24-15)8-19-17(23)16-13-9-18-5-2-14(13)20-21-16;/h4,7,11,18H,2-3,5-6,8-10H2,1H3,(H,19,23)(H,20,21);1H. The van der Waals surface area contributed by atoms with Gasteiger partial charge in [0, 0.05) is 61.3 Å². The first-order valence-corrected chi connectivity index (χ1v) is 9.44. The molecular weight excluding hydrogens is 358 g/mol. The number of amides is 1. The molecule has 0 saturated heterocycles. The van der Waals surface area contributed by atoms with E-state index in [2.05, 4.69) is 44.1 Å². The first kappa shape index (κ1) is 18.4. The largest absolute Gasteiger partial charge is 0.349 e. The van der Waals surface area contributed by atoms with Gasteiger partial charge in [-0.3, -0.25) is 14.8 Å². The molecule has 25 heavy (non-hydrogen) atoms. The van der Waals surface area contributed by atoms with E-state index in [1.165, 1.54) is 10.4 Å². The maximum absolute atomic E-state index is 12.5. The first-order valence-electron chi connectivity index (χ1n) is 8.56. The van der Waals surface area contributed by atoms with Gasteiger partial charge in [0.05, 0.1) is 0 Å². The Kier molecular flexibility index (Phi) is 5.78. The molecule has 0 aromatic carbocycles. The van der Waals surface area contributed by atoms with E-state index >= 15 is 0 Å². The summed E-state index contributed by atoms with van der Waals surface area (Å²) in [4.78, 5) is 16.4. The normalized spacial score (nSPS) is 18.0. The van der Waals surface area contributed by atoms with Crippen LogP contribution in [0.25, 0.3) is 0 Å². The monoisotopic (exact) mass is 381 g/mol. The third-order valence-electron chi connectivity index (χ3n) is 5.04. The van der Waals surface area contributed by atoms with Crippen LogP contribution in [0.4, 0.5) is 0 Å². The maximum atomic E-state index is 12.5. The van der Waals surface area contributed by atoms with Gasteiger partial charge in [-0.15, -0.1) is 23.7 Å². The molecule has 4 rings (SSSR count). The zero-order valence-corrected chi connectivity index (χ0v) is 15.9. The van der Waals surface area contributed by atoms with Crippen LogP contribution in [0.5, 0.6) is 0 Å². The molecule has 1 amide bonds. The fourth-order valence-corrected chi connectivity index (χ4v) is 4.40. The van der Waals surface area contributed by atoms with Gasteiger partial charge >= 0.3 is 0 Å². The number of fused-ring (bicyclic) bond motifs is 2. The van der Waals surface area contributed by atoms with Crippen LogP contribution in [0.1, 0.15) is 39.1 Å². The summed E-state index contributed by atoms with van der Waals surface area (Å²) in [6, 6.07) is 2.54. The highest BCUT2D eigenvalue weighted by Crippen LogP contribution is 2.25. The molecule has 0 spiro atoms. The molecular formula is C17H24ClN5OS. The summed E-state index contributed by atoms with van der Waals surface area (Å²) in [5, 5.41) is 15.8. The highest BCUT2D eigenvalue weighted by atomic mass is 35.5. The number of thiophene rings is 1. The number of hydrogen-bond acceptors (Lipinski definition) is 5. The van der Waals surface area contributed by atoms with Crippen molar-refractivity contribution in [3.63, 3.8) is 0 Å². The second-order valence-electron chi connectivity index (χ2n) is 6.60. The van der Waals surface area contributed by atoms with E-state index < -0.39 is 0 Å². The van der Waals surface area contributed by atoms with Crippen LogP contribution in [0.15, 0.2) is 11.4 Å². The van der Waals surface area contributed by atoms with E-state index in [-0.39, 0.29) is 18.3 Å². The van der Waals surface area contributed by atoms with Gasteiger partial charge in [0.15, 0.2) is 5.69 Å². The first-order chi connectivity index (χ1) is 11.7. The smallest absolute Gasteiger partial charge is 0.272 e. The van der Waals surface area contributed by atoms with Gasteiger partial charge in [-0.25, -0.2) is 0 Å². The van der Waals surface area contributed by atoms with Gasteiger partial charge in [-0.05, 0) is 30.4 Å². The predicted molar refractivity (Wildman–Crippen MR) is 101 cm³/mol. The highest BCUT2D eigenvalue weighted by Gasteiger charge is 2.24. The Morgan fingerprint density at radius 2 is 2.36 bits per heavy atom. The van der Waals surface area contributed by atoms with Gasteiger partial charge in [0.1, 0.15) is 0 Å². The number of H-pyrrole nitrogens is 1. The third kappa shape index (κ3) is 3.74. The minimum absolute atomic E-state index is 0. The van der Waals surface area contributed by atoms with E-state index in [0.29, 0.717) is 18.3 Å². The van der Waals surface area contributed by atoms with Gasteiger partial charge in [0.2, 0.25) is 0 Å². The molecule has 4 heterocycles. The van der Waals surface area contributed by atoms with Crippen molar-refractivity contribution in [2.24, 2.45) is 0 Å². The number of halogens is 1. The van der Waals surface area contributed by atoms with Crippen molar-refractivity contribution in [1.82, 2.24) is 25.7 Å². The number of aromatic nitrogens is 2. The number of nitrogens with one attached hydrogen (secondary N) is 3. The molecule has 3 N–H and O–H groups in total. The van der Waals surface area contributed by atoms with Crippen LogP contribution in [0, 0.1) is 0 Å². The third-order valence-corrected chi connectivity index (χ3v) is 6.06. The summed E-state index contributed by atoms with van der Waals surface area (Å²) in [5.74, 6) is -0.0729. The van der Waals surface area contributed by atoms with Crippen molar-refractivity contribution < 1.29 is 4.79 Å². The quantitative estimate of drug-likeness (QED) is 0.754. The molecule has 0 fully saturated rings. The Morgan fingerprint density at radius 3 is 3.24 bits per heavy atom. The summed E-state index contributed by atoms with van der Waals surface area (Å²) < 4.78 is 0. The van der Waals surface area contributed by atoms with E-state index in [1.54, 1.807) is 0 Å². The van der Waals surface area contributed by atoms with Gasteiger partial charge in [-0.1, -0.05) is 0 Å². The lowest BCUT2D eigenvalue weighted by Gasteiger charge is -2.32. The van der Waals surface area contributed by atoms with Gasteiger partial charge < -0.3 is 10.6 Å². The molecule has 136 valence electrons. The Morgan fingerprint density at radius 1 is 1.48 bits per heavy atom. The highest BCUT2D eigenvalue weighted by molar-refractivity contribution is 7.10. The van der Waals surface area contributed by atoms with Gasteiger partial charge in [-0.2, -0.15) is 5.10 Å². The maximum Gasteiger partial charge on any atom is 0.272 e. The predicted octanol–water partition coefficient (Wildman–Crippen LogP) is 1.72. The Balaban J connectivity index is 0.00000182. The molecule has 1 atom stereocenters. The number of rotatable bonds is 4. The fraction of sp³-hybridized carbons (Fsp3) is 0.529. The van der Waals surface area contributed by atoms with Crippen LogP contribution < -0.4 is 10.6 Å². The van der Waals surface area contributed by atoms with Crippen LogP contribution in [-0.2, 0) is 25.9 Å². The molecule has 8 heteroatoms. The molecule has 2 aliphatic heterocycles. The average Bonchev–Trinajstić information content (AvgIpc) is 3.25. The Bertz CT molecular complexity index is 743. The van der Waals surface area contributed by atoms with Crippen molar-refractivity contribution in [3.8, 4) is 0 Å². The number of carbonyl (C=O) groups is 1. The van der Waals surface area contributed by atoms with Gasteiger partial charge in [0.25, 0.3) is 5.91 Å². The molecule has 1 unspecified atom stereocenters. The number of nitrogens with zero attached hydrogens (tertiary/aromatic N) is 2. The molecule has 2 aromatic rings. The number of hydrogen-bond donors (Lipinski definition) is 3. The lowest BCUT2D eigenvalue weighted by Crippen LogP contribution is -2.44. The molecule has 0 saturated carbocycles. The topological polar surface area (TPSA) is 73.0 Å². The lowest BCUT2D eigenvalue weighted by molar-refractivity contribution is 0.0926. The summed E-state index contributed by atoms with van der Waals surface area (Å²) in [7, 11) is 0. The van der Waals surface area contributed by atoms with E-state index in [4.69, 9.17) is 0 Å². The van der Waals surface area contributed by atoms with Crippen LogP contribution in [0.3, 0.4) is 0 Å². The average molecular weight is 382 g/mol. The zero-order chi connectivity index (χ0) is 16.5. The minimum atomic E-state index is -0.0729. The summed E-state index contributed by atoms with van der Waals surface area (Å²) in [5.41, 5.74) is 4.10. The van der Waals surface area contributed by atoms with E-state index in [1.807, 2.05) is 11.3 Å². The zero-order valence-electron chi connectivity index (χ0n) is 14.3. The summed E-state index contributed by atoms with van der Waals surface area (Å²) in [6.07, 6.45) is 2.02. The fourth-order valence-electron chi connectivity index (χ4n) is 3.51. The molecule has 2 aliphatic rings. The van der Waals surface area contributed by atoms with Crippen LogP contribution in [-0.4, -0.2) is 46.7 Å². The van der Waals surface area contributed by atoms with Crippen LogP contribution in [0.2, 0.25) is 0 Å². The van der Waals surface area contributed by atoms with E-state index in [0.717, 1.165) is 50.3 Å². The Hall–Kier alpha value is -1.41. The van der Waals surface area contributed by atoms with Crippen molar-refractivity contribution in [2.45, 2.75) is 38.9 Å². The molecule has 0 radical (unpaired) electrons. The summed E-state index contributed by atoms with van der Waals surface area (Å²) in [6.45, 7) is 6.53. The minimum Gasteiger partial charge on any atom is -0.349 e. The molecule has 2 aromatic heterocycles. The second kappa shape index (κ2) is 7.86. The second-order valence-corrected chi connectivity index (χ2v) is 7.61. The molecule has 6 nitrogen and oxygen atoms in total. The number of aromatic amines is 1. The van der Waals surface area contributed by atoms with Crippen molar-refractivity contribution in [2.75, 3.05) is 19.6 Å². The van der Waals surface area contributed by atoms with E-state index in [9.17, 15) is 4.79 Å². The lowest BCUT2D eigenvalue weighted by atomic mass is 10.1. The Labute approximate surface area is 157 Å². The summed E-state index contributed by atoms with van der Waals surface area (Å²) >= 11 is 1.85.